The van der Waals surface area contributed by atoms with Gasteiger partial charge in [0.2, 0.25) is 5.82 Å². The number of H-pyrrole nitrogens is 1. The highest BCUT2D eigenvalue weighted by Gasteiger charge is 2.26. The molecule has 3 aromatic rings. The highest BCUT2D eigenvalue weighted by Crippen LogP contribution is 2.40. The number of hydrogen-bond donors (Lipinski definition) is 4. The second kappa shape index (κ2) is 8.25. The number of anilines is 3. The standard InChI is InChI=1S/C19H18ClFN6O3/c20-13-7-16(27(29)30)19(22-15(9-28)11-3-5-12(21)6-4-11)24-18(13)23-17-8-14(25-26-17)10-1-2-10/h3-8,10,15,28H,1-2,9H2,(H3,22,23,24,25,26). The minimum absolute atomic E-state index is 0.0468. The molecule has 1 aromatic carbocycles. The van der Waals surface area contributed by atoms with Crippen molar-refractivity contribution in [2.45, 2.75) is 24.8 Å². The van der Waals surface area contributed by atoms with Crippen molar-refractivity contribution < 1.29 is 14.4 Å². The van der Waals surface area contributed by atoms with Crippen LogP contribution >= 0.6 is 11.6 Å². The average Bonchev–Trinajstić information content (AvgIpc) is 3.47. The molecule has 1 atom stereocenters. The van der Waals surface area contributed by atoms with E-state index in [1.807, 2.05) is 6.07 Å². The van der Waals surface area contributed by atoms with Crippen LogP contribution in [0.1, 0.15) is 36.1 Å². The number of aliphatic hydroxyl groups excluding tert-OH is 1. The maximum absolute atomic E-state index is 13.2. The van der Waals surface area contributed by atoms with E-state index >= 15 is 0 Å². The van der Waals surface area contributed by atoms with Crippen LogP contribution in [0.4, 0.5) is 27.5 Å². The molecule has 0 saturated heterocycles. The third-order valence-electron chi connectivity index (χ3n) is 4.78. The van der Waals surface area contributed by atoms with Gasteiger partial charge in [-0.05, 0) is 30.5 Å². The van der Waals surface area contributed by atoms with Crippen molar-refractivity contribution >= 4 is 34.7 Å². The molecule has 0 radical (unpaired) electrons. The fourth-order valence-electron chi connectivity index (χ4n) is 3.03. The largest absolute Gasteiger partial charge is 0.394 e. The number of nitrogens with one attached hydrogen (secondary N) is 3. The summed E-state index contributed by atoms with van der Waals surface area (Å²) in [6.45, 7) is -0.389. The Labute approximate surface area is 175 Å². The van der Waals surface area contributed by atoms with Gasteiger partial charge in [-0.3, -0.25) is 15.2 Å². The zero-order valence-corrected chi connectivity index (χ0v) is 16.4. The molecule has 4 N–H and O–H groups in total. The van der Waals surface area contributed by atoms with Crippen LogP contribution < -0.4 is 10.6 Å². The lowest BCUT2D eigenvalue weighted by Gasteiger charge is -2.18. The second-order valence-corrected chi connectivity index (χ2v) is 7.39. The van der Waals surface area contributed by atoms with E-state index in [1.165, 1.54) is 30.3 Å². The Morgan fingerprint density at radius 1 is 1.30 bits per heavy atom. The van der Waals surface area contributed by atoms with Crippen molar-refractivity contribution in [3.05, 3.63) is 68.6 Å². The van der Waals surface area contributed by atoms with Gasteiger partial charge in [0.05, 0.1) is 22.6 Å². The zero-order valence-electron chi connectivity index (χ0n) is 15.6. The summed E-state index contributed by atoms with van der Waals surface area (Å²) in [5, 5.41) is 34.2. The molecular formula is C19H18ClFN6O3. The molecule has 0 bridgehead atoms. The lowest BCUT2D eigenvalue weighted by atomic mass is 10.1. The first-order valence-corrected chi connectivity index (χ1v) is 9.62. The van der Waals surface area contributed by atoms with Crippen molar-refractivity contribution in [1.29, 1.82) is 0 Å². The molecule has 0 aliphatic heterocycles. The van der Waals surface area contributed by atoms with Crippen LogP contribution in [0.5, 0.6) is 0 Å². The average molecular weight is 433 g/mol. The summed E-state index contributed by atoms with van der Waals surface area (Å²) in [5.74, 6) is 0.625. The second-order valence-electron chi connectivity index (χ2n) is 6.98. The van der Waals surface area contributed by atoms with Crippen LogP contribution in [-0.2, 0) is 0 Å². The molecule has 1 aliphatic carbocycles. The third-order valence-corrected chi connectivity index (χ3v) is 5.07. The zero-order chi connectivity index (χ0) is 21.3. The molecule has 4 rings (SSSR count). The van der Waals surface area contributed by atoms with Gasteiger partial charge in [-0.1, -0.05) is 23.7 Å². The molecule has 1 aliphatic rings. The Morgan fingerprint density at radius 2 is 2.03 bits per heavy atom. The first kappa shape index (κ1) is 20.0. The van der Waals surface area contributed by atoms with E-state index in [2.05, 4.69) is 25.8 Å². The number of benzene rings is 1. The Kier molecular flexibility index (Phi) is 5.51. The first-order valence-electron chi connectivity index (χ1n) is 9.24. The molecule has 2 heterocycles. The quantitative estimate of drug-likeness (QED) is 0.309. The lowest BCUT2D eigenvalue weighted by molar-refractivity contribution is -0.384. The Morgan fingerprint density at radius 3 is 2.67 bits per heavy atom. The van der Waals surface area contributed by atoms with Crippen molar-refractivity contribution in [1.82, 2.24) is 15.2 Å². The number of nitrogens with zero attached hydrogens (tertiary/aromatic N) is 3. The van der Waals surface area contributed by atoms with Gasteiger partial charge < -0.3 is 15.7 Å². The number of halogens is 2. The smallest absolute Gasteiger partial charge is 0.313 e. The summed E-state index contributed by atoms with van der Waals surface area (Å²) in [6.07, 6.45) is 2.22. The fraction of sp³-hybridized carbons (Fsp3) is 0.263. The highest BCUT2D eigenvalue weighted by molar-refractivity contribution is 6.33. The number of nitro groups is 1. The Hall–Kier alpha value is -3.24. The van der Waals surface area contributed by atoms with E-state index in [0.717, 1.165) is 18.5 Å². The minimum Gasteiger partial charge on any atom is -0.394 e. The molecule has 1 fully saturated rings. The highest BCUT2D eigenvalue weighted by atomic mass is 35.5. The van der Waals surface area contributed by atoms with E-state index in [1.54, 1.807) is 0 Å². The molecule has 156 valence electrons. The van der Waals surface area contributed by atoms with Gasteiger partial charge in [-0.2, -0.15) is 5.10 Å². The van der Waals surface area contributed by atoms with Crippen molar-refractivity contribution in [3.8, 4) is 0 Å². The van der Waals surface area contributed by atoms with Gasteiger partial charge in [0.15, 0.2) is 11.6 Å². The van der Waals surface area contributed by atoms with Crippen molar-refractivity contribution in [3.63, 3.8) is 0 Å². The first-order chi connectivity index (χ1) is 14.4. The number of rotatable bonds is 8. The predicted molar refractivity (Wildman–Crippen MR) is 110 cm³/mol. The van der Waals surface area contributed by atoms with E-state index < -0.39 is 16.8 Å². The number of aliphatic hydroxyl groups is 1. The number of pyridine rings is 1. The SMILES string of the molecule is O=[N+]([O-])c1cc(Cl)c(Nc2cc(C3CC3)[nH]n2)nc1NC(CO)c1ccc(F)cc1. The molecule has 2 aromatic heterocycles. The Balaban J connectivity index is 1.63. The fourth-order valence-corrected chi connectivity index (χ4v) is 3.23. The van der Waals surface area contributed by atoms with Gasteiger partial charge in [0, 0.05) is 23.7 Å². The third kappa shape index (κ3) is 4.34. The van der Waals surface area contributed by atoms with Crippen LogP contribution in [-0.4, -0.2) is 31.8 Å². The van der Waals surface area contributed by atoms with Crippen LogP contribution in [0.25, 0.3) is 0 Å². The molecule has 11 heteroatoms. The Bertz CT molecular complexity index is 1070. The van der Waals surface area contributed by atoms with E-state index in [9.17, 15) is 19.6 Å². The van der Waals surface area contributed by atoms with Crippen LogP contribution in [0.3, 0.4) is 0 Å². The summed E-state index contributed by atoms with van der Waals surface area (Å²) in [5.41, 5.74) is 1.19. The van der Waals surface area contributed by atoms with Gasteiger partial charge in [-0.25, -0.2) is 9.37 Å². The summed E-state index contributed by atoms with van der Waals surface area (Å²) < 4.78 is 13.2. The van der Waals surface area contributed by atoms with Crippen LogP contribution in [0, 0.1) is 15.9 Å². The van der Waals surface area contributed by atoms with Gasteiger partial charge in [0.1, 0.15) is 5.82 Å². The summed E-state index contributed by atoms with van der Waals surface area (Å²) in [4.78, 5) is 15.1. The lowest BCUT2D eigenvalue weighted by Crippen LogP contribution is -2.17. The molecule has 1 unspecified atom stereocenters. The number of aromatic amines is 1. The molecule has 0 spiro atoms. The van der Waals surface area contributed by atoms with E-state index in [4.69, 9.17) is 11.6 Å². The molecular weight excluding hydrogens is 415 g/mol. The maximum Gasteiger partial charge on any atom is 0.313 e. The van der Waals surface area contributed by atoms with E-state index in [-0.39, 0.29) is 29.0 Å². The minimum atomic E-state index is -0.738. The molecule has 1 saturated carbocycles. The molecule has 0 amide bonds. The topological polar surface area (TPSA) is 129 Å². The number of hydrogen-bond acceptors (Lipinski definition) is 7. The summed E-state index contributed by atoms with van der Waals surface area (Å²) >= 11 is 6.20. The van der Waals surface area contributed by atoms with Gasteiger partial charge >= 0.3 is 5.69 Å². The monoisotopic (exact) mass is 432 g/mol. The van der Waals surface area contributed by atoms with Crippen molar-refractivity contribution in [2.75, 3.05) is 17.2 Å². The number of aromatic nitrogens is 3. The predicted octanol–water partition coefficient (Wildman–Crippen LogP) is 4.27. The van der Waals surface area contributed by atoms with E-state index in [0.29, 0.717) is 17.3 Å². The molecule has 30 heavy (non-hydrogen) atoms. The van der Waals surface area contributed by atoms with Gasteiger partial charge in [-0.15, -0.1) is 0 Å². The molecule has 9 nitrogen and oxygen atoms in total. The summed E-state index contributed by atoms with van der Waals surface area (Å²) in [6, 6.07) is 7.72. The van der Waals surface area contributed by atoms with Crippen molar-refractivity contribution in [2.24, 2.45) is 0 Å². The van der Waals surface area contributed by atoms with Crippen LogP contribution in [0.2, 0.25) is 5.02 Å². The van der Waals surface area contributed by atoms with Gasteiger partial charge in [0.25, 0.3) is 0 Å². The van der Waals surface area contributed by atoms with Crippen LogP contribution in [0.15, 0.2) is 36.4 Å². The summed E-state index contributed by atoms with van der Waals surface area (Å²) in [7, 11) is 0. The maximum atomic E-state index is 13.2. The normalized spacial score (nSPS) is 14.4.